The monoisotopic (exact) mass is 381 g/mol. The van der Waals surface area contributed by atoms with Crippen molar-refractivity contribution in [3.05, 3.63) is 75.5 Å². The van der Waals surface area contributed by atoms with Gasteiger partial charge in [-0.2, -0.15) is 0 Å². The number of hydrogen-bond acceptors (Lipinski definition) is 8. The van der Waals surface area contributed by atoms with E-state index in [1.807, 2.05) is 30.3 Å². The first-order valence-electron chi connectivity index (χ1n) is 7.83. The molecule has 0 unspecified atom stereocenters. The maximum atomic E-state index is 12.2. The van der Waals surface area contributed by atoms with Gasteiger partial charge in [-0.15, -0.1) is 21.5 Å². The molecule has 2 heterocycles. The van der Waals surface area contributed by atoms with Crippen LogP contribution >= 0.6 is 11.3 Å². The molecule has 27 heavy (non-hydrogen) atoms. The summed E-state index contributed by atoms with van der Waals surface area (Å²) in [7, 11) is 0. The van der Waals surface area contributed by atoms with Crippen LogP contribution in [0.4, 0.5) is 5.69 Å². The number of ether oxygens (including phenoxy) is 1. The van der Waals surface area contributed by atoms with Gasteiger partial charge in [-0.25, -0.2) is 4.79 Å². The molecule has 0 aliphatic rings. The summed E-state index contributed by atoms with van der Waals surface area (Å²) in [4.78, 5) is 23.0. The van der Waals surface area contributed by atoms with Crippen molar-refractivity contribution in [2.75, 3.05) is 0 Å². The lowest BCUT2D eigenvalue weighted by molar-refractivity contribution is -0.384. The zero-order chi connectivity index (χ0) is 18.8. The first-order valence-corrected chi connectivity index (χ1v) is 8.65. The van der Waals surface area contributed by atoms with Crippen LogP contribution in [0.15, 0.2) is 59.0 Å². The van der Waals surface area contributed by atoms with E-state index in [0.29, 0.717) is 16.2 Å². The molecule has 0 radical (unpaired) electrons. The average Bonchev–Trinajstić information content (AvgIpc) is 3.33. The van der Waals surface area contributed by atoms with Crippen LogP contribution in [0.3, 0.4) is 0 Å². The van der Waals surface area contributed by atoms with E-state index in [1.54, 1.807) is 12.1 Å². The second-order valence-electron chi connectivity index (χ2n) is 5.53. The molecule has 4 rings (SSSR count). The van der Waals surface area contributed by atoms with E-state index in [2.05, 4.69) is 10.2 Å². The van der Waals surface area contributed by atoms with Crippen molar-refractivity contribution < 1.29 is 18.9 Å². The molecule has 0 atom stereocenters. The molecule has 0 spiro atoms. The van der Waals surface area contributed by atoms with Crippen molar-refractivity contribution >= 4 is 33.1 Å². The third-order valence-electron chi connectivity index (χ3n) is 3.73. The number of fused-ring (bicyclic) bond motifs is 1. The van der Waals surface area contributed by atoms with Crippen molar-refractivity contribution in [2.45, 2.75) is 6.61 Å². The van der Waals surface area contributed by atoms with E-state index in [-0.39, 0.29) is 18.2 Å². The molecule has 0 saturated carbocycles. The van der Waals surface area contributed by atoms with Crippen molar-refractivity contribution in [1.82, 2.24) is 10.2 Å². The number of thiophene rings is 1. The molecular formula is C18H11N3O5S. The Morgan fingerprint density at radius 2 is 1.96 bits per heavy atom. The molecule has 0 amide bonds. The lowest BCUT2D eigenvalue weighted by Gasteiger charge is -1.98. The number of esters is 1. The molecule has 0 bridgehead atoms. The number of non-ortho nitro benzene ring substituents is 1. The van der Waals surface area contributed by atoms with Crippen LogP contribution in [0, 0.1) is 10.1 Å². The van der Waals surface area contributed by atoms with Gasteiger partial charge in [0.15, 0.2) is 6.61 Å². The molecule has 0 aliphatic carbocycles. The Balaban J connectivity index is 1.46. The van der Waals surface area contributed by atoms with E-state index in [1.165, 1.54) is 23.5 Å². The molecule has 2 aromatic heterocycles. The lowest BCUT2D eigenvalue weighted by atomic mass is 10.2. The highest BCUT2D eigenvalue weighted by Crippen LogP contribution is 2.29. The van der Waals surface area contributed by atoms with Gasteiger partial charge in [0.2, 0.25) is 5.89 Å². The van der Waals surface area contributed by atoms with Gasteiger partial charge in [-0.1, -0.05) is 18.2 Å². The second-order valence-corrected chi connectivity index (χ2v) is 6.62. The normalized spacial score (nSPS) is 10.8. The summed E-state index contributed by atoms with van der Waals surface area (Å²) in [5, 5.41) is 19.3. The van der Waals surface area contributed by atoms with Crippen molar-refractivity contribution in [1.29, 1.82) is 0 Å². The number of nitrogens with zero attached hydrogens (tertiary/aromatic N) is 3. The number of carbonyl (C=O) groups is 1. The molecule has 134 valence electrons. The Labute approximate surface area is 156 Å². The smallest absolute Gasteiger partial charge is 0.348 e. The number of nitro groups is 1. The van der Waals surface area contributed by atoms with E-state index < -0.39 is 10.9 Å². The molecule has 8 nitrogen and oxygen atoms in total. The van der Waals surface area contributed by atoms with E-state index in [0.717, 1.165) is 10.3 Å². The Hall–Kier alpha value is -3.59. The van der Waals surface area contributed by atoms with Crippen LogP contribution in [0.5, 0.6) is 0 Å². The fourth-order valence-electron chi connectivity index (χ4n) is 2.45. The number of benzene rings is 2. The highest BCUT2D eigenvalue weighted by atomic mass is 32.1. The summed E-state index contributed by atoms with van der Waals surface area (Å²) in [6.07, 6.45) is 0. The number of hydrogen-bond donors (Lipinski definition) is 0. The van der Waals surface area contributed by atoms with Gasteiger partial charge < -0.3 is 9.15 Å². The highest BCUT2D eigenvalue weighted by molar-refractivity contribution is 7.20. The minimum Gasteiger partial charge on any atom is -0.451 e. The Kier molecular flexibility index (Phi) is 4.35. The minimum absolute atomic E-state index is 0.0282. The van der Waals surface area contributed by atoms with Crippen molar-refractivity contribution in [3.8, 4) is 11.5 Å². The highest BCUT2D eigenvalue weighted by Gasteiger charge is 2.16. The molecule has 0 fully saturated rings. The fraction of sp³-hybridized carbons (Fsp3) is 0.0556. The van der Waals surface area contributed by atoms with Crippen LogP contribution in [0.2, 0.25) is 0 Å². The molecule has 0 aliphatic heterocycles. The average molecular weight is 381 g/mol. The fourth-order valence-corrected chi connectivity index (χ4v) is 3.39. The van der Waals surface area contributed by atoms with E-state index in [9.17, 15) is 14.9 Å². The van der Waals surface area contributed by atoms with Gasteiger partial charge in [0.25, 0.3) is 11.6 Å². The SMILES string of the molecule is O=C(OCc1nnc(-c2ccccc2)o1)c1cc2cc([N+](=O)[O-])ccc2s1. The largest absolute Gasteiger partial charge is 0.451 e. The molecule has 4 aromatic rings. The van der Waals surface area contributed by atoms with Gasteiger partial charge in [0.05, 0.1) is 4.92 Å². The predicted molar refractivity (Wildman–Crippen MR) is 97.3 cm³/mol. The zero-order valence-electron chi connectivity index (χ0n) is 13.7. The number of rotatable bonds is 5. The van der Waals surface area contributed by atoms with Gasteiger partial charge in [-0.05, 0) is 24.3 Å². The second kappa shape index (κ2) is 6.96. The first-order chi connectivity index (χ1) is 13.1. The van der Waals surface area contributed by atoms with E-state index in [4.69, 9.17) is 9.15 Å². The predicted octanol–water partition coefficient (Wildman–Crippen LogP) is 4.22. The molecule has 0 N–H and O–H groups in total. The van der Waals surface area contributed by atoms with Gasteiger partial charge in [-0.3, -0.25) is 10.1 Å². The topological polar surface area (TPSA) is 108 Å². The molecule has 9 heteroatoms. The van der Waals surface area contributed by atoms with Gasteiger partial charge >= 0.3 is 5.97 Å². The number of nitro benzene ring substituents is 1. The van der Waals surface area contributed by atoms with Crippen LogP contribution in [0.25, 0.3) is 21.5 Å². The Bertz CT molecular complexity index is 1140. The summed E-state index contributed by atoms with van der Waals surface area (Å²) in [6.45, 7) is -0.160. The van der Waals surface area contributed by atoms with Crippen LogP contribution in [0.1, 0.15) is 15.6 Å². The Morgan fingerprint density at radius 3 is 2.74 bits per heavy atom. The summed E-state index contributed by atoms with van der Waals surface area (Å²) >= 11 is 1.20. The third-order valence-corrected chi connectivity index (χ3v) is 4.82. The number of carbonyl (C=O) groups excluding carboxylic acids is 1. The quantitative estimate of drug-likeness (QED) is 0.289. The molecule has 2 aromatic carbocycles. The summed E-state index contributed by atoms with van der Waals surface area (Å²) < 4.78 is 11.5. The minimum atomic E-state index is -0.557. The number of aromatic nitrogens is 2. The van der Waals surface area contributed by atoms with Crippen LogP contribution in [-0.2, 0) is 11.3 Å². The van der Waals surface area contributed by atoms with Crippen molar-refractivity contribution in [3.63, 3.8) is 0 Å². The van der Waals surface area contributed by atoms with Crippen LogP contribution < -0.4 is 0 Å². The maximum absolute atomic E-state index is 12.2. The summed E-state index contributed by atoms with van der Waals surface area (Å²) in [5.74, 6) is -0.0342. The lowest BCUT2D eigenvalue weighted by Crippen LogP contribution is -2.03. The van der Waals surface area contributed by atoms with Crippen molar-refractivity contribution in [2.24, 2.45) is 0 Å². The summed E-state index contributed by atoms with van der Waals surface area (Å²) in [5.41, 5.74) is 0.744. The zero-order valence-corrected chi connectivity index (χ0v) is 14.5. The van der Waals surface area contributed by atoms with Gasteiger partial charge in [0, 0.05) is 27.8 Å². The standard InChI is InChI=1S/C18H11N3O5S/c22-18(15-9-12-8-13(21(23)24)6-7-14(12)27-15)25-10-16-19-20-17(26-16)11-4-2-1-3-5-11/h1-9H,10H2. The molecule has 0 saturated heterocycles. The third kappa shape index (κ3) is 3.53. The summed E-state index contributed by atoms with van der Waals surface area (Å²) in [6, 6.07) is 15.2. The van der Waals surface area contributed by atoms with Crippen LogP contribution in [-0.4, -0.2) is 21.1 Å². The maximum Gasteiger partial charge on any atom is 0.348 e. The van der Waals surface area contributed by atoms with Gasteiger partial charge in [0.1, 0.15) is 4.88 Å². The molecular weight excluding hydrogens is 370 g/mol. The van der Waals surface area contributed by atoms with E-state index >= 15 is 0 Å². The first kappa shape index (κ1) is 16.9. The Morgan fingerprint density at radius 1 is 1.15 bits per heavy atom.